The Labute approximate surface area is 84.0 Å². The third kappa shape index (κ3) is 1.16. The van der Waals surface area contributed by atoms with Crippen LogP contribution in [-0.2, 0) is 0 Å². The van der Waals surface area contributed by atoms with E-state index in [2.05, 4.69) is 0 Å². The lowest BCUT2D eigenvalue weighted by Gasteiger charge is -2.54. The van der Waals surface area contributed by atoms with Crippen molar-refractivity contribution < 1.29 is 9.50 Å². The summed E-state index contributed by atoms with van der Waals surface area (Å²) in [7, 11) is 0. The third-order valence-corrected chi connectivity index (χ3v) is 4.38. The standard InChI is InChI=1S/C12H17FO/c13-12-5-8-3-9(6-12)11(1-2-14)10(4-8)7-12/h1,8-10,14H,2-7H2/t8?,9-,10+,12?. The minimum Gasteiger partial charge on any atom is -0.392 e. The Bertz CT molecular complexity index is 266. The van der Waals surface area contributed by atoms with E-state index < -0.39 is 5.67 Å². The van der Waals surface area contributed by atoms with Gasteiger partial charge in [0.15, 0.2) is 0 Å². The number of aliphatic hydroxyl groups excluding tert-OH is 1. The van der Waals surface area contributed by atoms with Crippen LogP contribution in [0, 0.1) is 17.8 Å². The Morgan fingerprint density at radius 2 is 1.93 bits per heavy atom. The zero-order valence-electron chi connectivity index (χ0n) is 8.38. The number of allylic oxidation sites excluding steroid dienone is 1. The predicted molar refractivity (Wildman–Crippen MR) is 52.6 cm³/mol. The smallest absolute Gasteiger partial charge is 0.112 e. The van der Waals surface area contributed by atoms with E-state index in [1.807, 2.05) is 6.08 Å². The zero-order chi connectivity index (χ0) is 9.76. The minimum atomic E-state index is -0.844. The van der Waals surface area contributed by atoms with Gasteiger partial charge in [0.1, 0.15) is 5.67 Å². The van der Waals surface area contributed by atoms with E-state index in [0.717, 1.165) is 19.3 Å². The largest absolute Gasteiger partial charge is 0.392 e. The molecule has 0 aromatic heterocycles. The molecule has 0 aliphatic heterocycles. The van der Waals surface area contributed by atoms with Crippen LogP contribution in [0.5, 0.6) is 0 Å². The molecule has 1 nitrogen and oxygen atoms in total. The highest BCUT2D eigenvalue weighted by Crippen LogP contribution is 2.59. The highest BCUT2D eigenvalue weighted by molar-refractivity contribution is 5.23. The number of aliphatic hydroxyl groups is 1. The number of hydrogen-bond acceptors (Lipinski definition) is 1. The van der Waals surface area contributed by atoms with Crippen LogP contribution in [0.25, 0.3) is 0 Å². The second-order valence-corrected chi connectivity index (χ2v) is 5.38. The first-order valence-corrected chi connectivity index (χ1v) is 5.70. The van der Waals surface area contributed by atoms with E-state index in [-0.39, 0.29) is 6.61 Å². The maximum Gasteiger partial charge on any atom is 0.112 e. The predicted octanol–water partition coefficient (Wildman–Crippen LogP) is 2.45. The SMILES string of the molecule is OCC=C1[C@@H]2CC3C[C@H]1CC(F)(C3)C2. The van der Waals surface area contributed by atoms with Gasteiger partial charge in [-0.05, 0) is 49.9 Å². The molecule has 14 heavy (non-hydrogen) atoms. The van der Waals surface area contributed by atoms with Crippen LogP contribution in [0.2, 0.25) is 0 Å². The van der Waals surface area contributed by atoms with Gasteiger partial charge in [0.25, 0.3) is 0 Å². The molecule has 0 radical (unpaired) electrons. The van der Waals surface area contributed by atoms with Gasteiger partial charge in [-0.1, -0.05) is 11.6 Å². The second-order valence-electron chi connectivity index (χ2n) is 5.38. The summed E-state index contributed by atoms with van der Waals surface area (Å²) in [6.45, 7) is 0.131. The van der Waals surface area contributed by atoms with Crippen molar-refractivity contribution in [1.82, 2.24) is 0 Å². The number of halogens is 1. The van der Waals surface area contributed by atoms with Crippen molar-refractivity contribution in [3.05, 3.63) is 11.6 Å². The minimum absolute atomic E-state index is 0.131. The highest BCUT2D eigenvalue weighted by Gasteiger charge is 2.53. The first-order chi connectivity index (χ1) is 6.70. The summed E-state index contributed by atoms with van der Waals surface area (Å²) < 4.78 is 14.2. The van der Waals surface area contributed by atoms with E-state index in [1.54, 1.807) is 0 Å². The van der Waals surface area contributed by atoms with Gasteiger partial charge in [0.2, 0.25) is 0 Å². The lowest BCUT2D eigenvalue weighted by Crippen LogP contribution is -2.49. The first-order valence-electron chi connectivity index (χ1n) is 5.70. The summed E-state index contributed by atoms with van der Waals surface area (Å²) in [5.41, 5.74) is 0.528. The molecular formula is C12H17FO. The molecule has 78 valence electrons. The molecule has 4 atom stereocenters. The average molecular weight is 196 g/mol. The van der Waals surface area contributed by atoms with E-state index in [1.165, 1.54) is 18.4 Å². The molecule has 0 amide bonds. The van der Waals surface area contributed by atoms with Crippen LogP contribution < -0.4 is 0 Å². The van der Waals surface area contributed by atoms with Gasteiger partial charge >= 0.3 is 0 Å². The van der Waals surface area contributed by atoms with E-state index in [4.69, 9.17) is 5.11 Å². The number of rotatable bonds is 1. The van der Waals surface area contributed by atoms with E-state index in [9.17, 15) is 4.39 Å². The van der Waals surface area contributed by atoms with Gasteiger partial charge in [-0.3, -0.25) is 0 Å². The summed E-state index contributed by atoms with van der Waals surface area (Å²) in [5.74, 6) is 1.55. The van der Waals surface area contributed by atoms with Crippen molar-refractivity contribution in [2.24, 2.45) is 17.8 Å². The van der Waals surface area contributed by atoms with Crippen LogP contribution in [0.15, 0.2) is 11.6 Å². The van der Waals surface area contributed by atoms with Crippen molar-refractivity contribution in [2.75, 3.05) is 6.61 Å². The summed E-state index contributed by atoms with van der Waals surface area (Å²) in [6.07, 6.45) is 6.56. The first kappa shape index (κ1) is 8.90. The Balaban J connectivity index is 1.93. The Morgan fingerprint density at radius 3 is 2.43 bits per heavy atom. The fourth-order valence-corrected chi connectivity index (χ4v) is 4.16. The van der Waals surface area contributed by atoms with Gasteiger partial charge in [-0.2, -0.15) is 0 Å². The number of alkyl halides is 1. The molecular weight excluding hydrogens is 179 g/mol. The molecule has 4 fully saturated rings. The molecule has 4 saturated carbocycles. The van der Waals surface area contributed by atoms with Crippen LogP contribution in [-0.4, -0.2) is 17.4 Å². The summed E-state index contributed by atoms with van der Waals surface area (Å²) in [6, 6.07) is 0. The van der Waals surface area contributed by atoms with E-state index in [0.29, 0.717) is 17.8 Å². The molecule has 0 heterocycles. The fourth-order valence-electron chi connectivity index (χ4n) is 4.16. The Morgan fingerprint density at radius 1 is 1.29 bits per heavy atom. The fraction of sp³-hybridized carbons (Fsp3) is 0.833. The third-order valence-electron chi connectivity index (χ3n) is 4.38. The second kappa shape index (κ2) is 2.82. The van der Waals surface area contributed by atoms with Crippen molar-refractivity contribution in [2.45, 2.75) is 37.8 Å². The van der Waals surface area contributed by atoms with Gasteiger partial charge in [-0.25, -0.2) is 4.39 Å². The van der Waals surface area contributed by atoms with Gasteiger partial charge in [0.05, 0.1) is 6.61 Å². The van der Waals surface area contributed by atoms with Crippen molar-refractivity contribution in [3.63, 3.8) is 0 Å². The summed E-state index contributed by atoms with van der Waals surface area (Å²) >= 11 is 0. The molecule has 4 aliphatic carbocycles. The number of hydrogen-bond donors (Lipinski definition) is 1. The molecule has 4 bridgehead atoms. The normalized spacial score (nSPS) is 53.0. The molecule has 0 spiro atoms. The molecule has 4 rings (SSSR count). The van der Waals surface area contributed by atoms with Gasteiger partial charge < -0.3 is 5.11 Å². The Kier molecular flexibility index (Phi) is 1.79. The molecule has 1 N–H and O–H groups in total. The van der Waals surface area contributed by atoms with Crippen LogP contribution in [0.1, 0.15) is 32.1 Å². The monoisotopic (exact) mass is 196 g/mol. The maximum absolute atomic E-state index is 14.2. The van der Waals surface area contributed by atoms with Crippen molar-refractivity contribution in [1.29, 1.82) is 0 Å². The molecule has 4 aliphatic rings. The lowest BCUT2D eigenvalue weighted by molar-refractivity contribution is -0.0412. The lowest BCUT2D eigenvalue weighted by atomic mass is 9.53. The molecule has 2 unspecified atom stereocenters. The van der Waals surface area contributed by atoms with Gasteiger partial charge in [0, 0.05) is 0 Å². The summed E-state index contributed by atoms with van der Waals surface area (Å²) in [5, 5.41) is 8.94. The quantitative estimate of drug-likeness (QED) is 0.639. The van der Waals surface area contributed by atoms with Gasteiger partial charge in [-0.15, -0.1) is 0 Å². The van der Waals surface area contributed by atoms with Crippen molar-refractivity contribution >= 4 is 0 Å². The van der Waals surface area contributed by atoms with Crippen LogP contribution >= 0.6 is 0 Å². The molecule has 0 aromatic carbocycles. The molecule has 0 aromatic rings. The highest BCUT2D eigenvalue weighted by atomic mass is 19.1. The zero-order valence-corrected chi connectivity index (χ0v) is 8.38. The molecule has 0 saturated heterocycles. The van der Waals surface area contributed by atoms with E-state index >= 15 is 0 Å². The molecule has 2 heteroatoms. The van der Waals surface area contributed by atoms with Crippen molar-refractivity contribution in [3.8, 4) is 0 Å². The van der Waals surface area contributed by atoms with Crippen LogP contribution in [0.4, 0.5) is 4.39 Å². The van der Waals surface area contributed by atoms with Crippen LogP contribution in [0.3, 0.4) is 0 Å². The average Bonchev–Trinajstić information content (AvgIpc) is 2.08. The Hall–Kier alpha value is -0.370. The summed E-state index contributed by atoms with van der Waals surface area (Å²) in [4.78, 5) is 0. The maximum atomic E-state index is 14.2. The topological polar surface area (TPSA) is 20.2 Å².